The third-order valence-corrected chi connectivity index (χ3v) is 25.9. The molecule has 1 unspecified atom stereocenters. The fraction of sp³-hybridized carbons (Fsp3) is 0.532. The smallest absolute Gasteiger partial charge is 0.326 e. The Morgan fingerprint density at radius 2 is 0.775 bits per heavy atom. The van der Waals surface area contributed by atoms with E-state index >= 15 is 9.59 Å². The van der Waals surface area contributed by atoms with Crippen LogP contribution < -0.4 is 91.9 Å². The first kappa shape index (κ1) is 96.3. The van der Waals surface area contributed by atoms with Crippen LogP contribution in [0.5, 0.6) is 5.75 Å². The molecule has 0 aromatic heterocycles. The minimum atomic E-state index is -1.75. The predicted molar refractivity (Wildman–Crippen MR) is 477 cm³/mol. The van der Waals surface area contributed by atoms with Gasteiger partial charge in [-0.2, -0.15) is 0 Å². The molecule has 2 heterocycles. The van der Waals surface area contributed by atoms with Crippen LogP contribution >= 0.6 is 0 Å². The van der Waals surface area contributed by atoms with Crippen LogP contribution in [-0.4, -0.2) is 241 Å². The normalized spacial score (nSPS) is 24.2. The van der Waals surface area contributed by atoms with Crippen molar-refractivity contribution in [3.63, 3.8) is 0 Å². The highest BCUT2D eigenvalue weighted by Gasteiger charge is 2.62. The zero-order valence-corrected chi connectivity index (χ0v) is 72.9. The first-order valence-electron chi connectivity index (χ1n) is 45.6. The third-order valence-electron chi connectivity index (χ3n) is 25.9. The lowest BCUT2D eigenvalue weighted by Crippen LogP contribution is -2.61. The van der Waals surface area contributed by atoms with Gasteiger partial charge in [0, 0.05) is 79.6 Å². The molecule has 694 valence electrons. The molecule has 7 fully saturated rings. The quantitative estimate of drug-likeness (QED) is 0.0240. The van der Waals surface area contributed by atoms with Gasteiger partial charge in [0.15, 0.2) is 6.61 Å². The average molecular weight is 1780 g/mol. The molecule has 5 saturated carbocycles. The molecule has 13 amide bonds. The number of hydrogen-bond donors (Lipinski definition) is 18. The second kappa shape index (κ2) is 46.0. The van der Waals surface area contributed by atoms with Crippen molar-refractivity contribution in [3.05, 3.63) is 173 Å². The summed E-state index contributed by atoms with van der Waals surface area (Å²) in [4.78, 5) is 204. The molecule has 5 aromatic rings. The van der Waals surface area contributed by atoms with E-state index in [1.165, 1.54) is 28.0 Å². The number of nitrogens with zero attached hydrogens (tertiary/aromatic N) is 2. The van der Waals surface area contributed by atoms with E-state index < -0.39 is 168 Å². The number of likely N-dealkylation sites (tertiary alicyclic amines) is 2. The summed E-state index contributed by atoms with van der Waals surface area (Å²) < 4.78 is 6.21. The van der Waals surface area contributed by atoms with Crippen LogP contribution in [0.3, 0.4) is 0 Å². The largest absolute Gasteiger partial charge is 0.483 e. The van der Waals surface area contributed by atoms with Crippen LogP contribution in [0.1, 0.15) is 189 Å². The highest BCUT2D eigenvalue weighted by molar-refractivity contribution is 6.04. The standard InChI is InChI=1S/C94H126N18O17/c95-37-17-13-31-70(86(120)104-73(92(126)127)34-16-20-40-98)102-87(121)71(32-14-18-38-96)109-93(128)94(47-60(94)30-21-41-99)110-89(123)72(33-15-19-39-97)103-88(122)78(53-113)101-80(114)48-100-81(115)54-129-79-42-59(90(124)111-49-66(82(116)105-74-43-62(74)55-22-5-1-6-23-55)67(50-111)83(117)106-75-44-63(75)56-24-7-2-8-25-56)35-36-61(79)91(125)112-51-68(84(118)107-76-45-64(76)57-26-9-3-10-27-57)69(52-112)85(119)108-77-46-65(77)58-28-11-4-12-29-58/h1-12,22-29,35-36,42,60,62-78,113H,13-21,30-34,37-41,43-54,95-99H2,(H,100,115)(H,101,114)(H,102,121)(H,103,122)(H,104,120)(H,105,116)(H,106,117)(H,107,118)(H,108,119)(H,109,128)(H,110,123)(H,126,127)/t60-,62-,63-,64-,65-,66-,67-,68-,69-,70+,71+,72+,73+,74+,75+,76+,77+,78+,94?/m1/s1. The van der Waals surface area contributed by atoms with Gasteiger partial charge in [0.05, 0.1) is 42.4 Å². The number of rotatable bonds is 51. The summed E-state index contributed by atoms with van der Waals surface area (Å²) in [7, 11) is 0. The van der Waals surface area contributed by atoms with Crippen molar-refractivity contribution in [1.82, 2.24) is 68.3 Å². The molecule has 12 rings (SSSR count). The molecule has 19 atom stereocenters. The number of ether oxygens (including phenoxy) is 1. The van der Waals surface area contributed by atoms with Crippen molar-refractivity contribution in [3.8, 4) is 5.75 Å². The Balaban J connectivity index is 0.737. The maximum Gasteiger partial charge on any atom is 0.326 e. The fourth-order valence-corrected chi connectivity index (χ4v) is 17.9. The number of nitrogens with one attached hydrogen (secondary N) is 11. The Labute approximate surface area is 750 Å². The number of benzene rings is 5. The monoisotopic (exact) mass is 1780 g/mol. The number of nitrogens with two attached hydrogens (primary N) is 5. The van der Waals surface area contributed by atoms with Crippen molar-refractivity contribution in [2.75, 3.05) is 78.7 Å². The summed E-state index contributed by atoms with van der Waals surface area (Å²) >= 11 is 0. The lowest BCUT2D eigenvalue weighted by Gasteiger charge is -2.28. The summed E-state index contributed by atoms with van der Waals surface area (Å²) in [5.41, 5.74) is 31.3. The van der Waals surface area contributed by atoms with Crippen LogP contribution in [0.4, 0.5) is 0 Å². The third kappa shape index (κ3) is 26.1. The molecular formula is C94H126N18O17. The number of unbranched alkanes of at least 4 members (excludes halogenated alkanes) is 4. The van der Waals surface area contributed by atoms with E-state index in [9.17, 15) is 67.7 Å². The van der Waals surface area contributed by atoms with Crippen molar-refractivity contribution >= 4 is 82.8 Å². The number of aliphatic hydroxyl groups excluding tert-OH is 1. The summed E-state index contributed by atoms with van der Waals surface area (Å²) in [6.45, 7) is -2.32. The van der Waals surface area contributed by atoms with E-state index in [-0.39, 0.29) is 156 Å². The molecule has 129 heavy (non-hydrogen) atoms. The highest BCUT2D eigenvalue weighted by atomic mass is 16.5. The summed E-state index contributed by atoms with van der Waals surface area (Å²) in [6, 6.07) is 35.0. The molecular weight excluding hydrogens is 1650 g/mol. The van der Waals surface area contributed by atoms with E-state index in [1.54, 1.807) is 0 Å². The molecule has 0 spiro atoms. The maximum absolute atomic E-state index is 15.4. The van der Waals surface area contributed by atoms with E-state index in [1.807, 2.05) is 121 Å². The minimum Gasteiger partial charge on any atom is -0.483 e. The van der Waals surface area contributed by atoms with Crippen LogP contribution in [0.2, 0.25) is 0 Å². The van der Waals surface area contributed by atoms with Gasteiger partial charge in [-0.05, 0) is 201 Å². The number of carbonyl (C=O) groups excluding carboxylic acids is 13. The van der Waals surface area contributed by atoms with Crippen molar-refractivity contribution in [1.29, 1.82) is 0 Å². The molecule has 0 bridgehead atoms. The predicted octanol–water partition coefficient (Wildman–Crippen LogP) is 0.878. The zero-order valence-electron chi connectivity index (χ0n) is 72.9. The van der Waals surface area contributed by atoms with Gasteiger partial charge in [-0.1, -0.05) is 121 Å². The Hall–Kier alpha value is -11.8. The first-order valence-corrected chi connectivity index (χ1v) is 45.6. The zero-order chi connectivity index (χ0) is 91.8. The van der Waals surface area contributed by atoms with Gasteiger partial charge in [-0.25, -0.2) is 4.79 Å². The SMILES string of the molecule is NCCCC[C@H](NC(=O)[C@H](CCCCN)NC(=O)[C@H](CCCCN)NC(=O)C1(NC(=O)[C@H](CCCCN)NC(=O)[C@H](CO)NC(=O)CNC(=O)COc2cc(C(=O)N3C[C@@H](C(=O)N[C@H]4C[C@@H]4c4ccccc4)[C@H](C(=O)N[C@H]4C[C@@H]4c4ccccc4)C3)ccc2C(=O)N2C[C@@H](C(=O)N[C@H]3C[C@@H]3c3ccccc3)[C@H](C(=O)N[C@H]3C[C@@H]3c3ccccc3)C2)C[C@H]1CCCN)C(=O)O. The lowest BCUT2D eigenvalue weighted by molar-refractivity contribution is -0.142. The molecule has 2 saturated heterocycles. The Kier molecular flexibility index (Phi) is 34.3. The minimum absolute atomic E-state index is 0.0368. The van der Waals surface area contributed by atoms with Gasteiger partial charge in [0.2, 0.25) is 59.1 Å². The second-order valence-corrected chi connectivity index (χ2v) is 35.4. The number of carboxylic acid groups (broad SMARTS) is 1. The molecule has 35 heteroatoms. The van der Waals surface area contributed by atoms with Crippen LogP contribution in [0.25, 0.3) is 0 Å². The van der Waals surface area contributed by atoms with Gasteiger partial charge < -0.3 is 112 Å². The second-order valence-electron chi connectivity index (χ2n) is 35.4. The molecule has 2 aliphatic heterocycles. The maximum atomic E-state index is 15.4. The molecule has 5 aromatic carbocycles. The van der Waals surface area contributed by atoms with Crippen molar-refractivity contribution < 1.29 is 82.1 Å². The number of carbonyl (C=O) groups is 14. The van der Waals surface area contributed by atoms with Gasteiger partial charge in [0.25, 0.3) is 17.7 Å². The fourth-order valence-electron chi connectivity index (χ4n) is 17.9. The van der Waals surface area contributed by atoms with Gasteiger partial charge in [-0.15, -0.1) is 0 Å². The van der Waals surface area contributed by atoms with Crippen LogP contribution in [-0.2, 0) is 57.5 Å². The molecule has 23 N–H and O–H groups in total. The number of aliphatic hydroxyl groups is 1. The number of aliphatic carboxylic acids is 1. The lowest BCUT2D eigenvalue weighted by atomic mass is 9.94. The summed E-state index contributed by atoms with van der Waals surface area (Å²) in [5.74, 6) is -15.1. The Morgan fingerprint density at radius 3 is 1.16 bits per heavy atom. The van der Waals surface area contributed by atoms with E-state index in [0.717, 1.165) is 22.3 Å². The van der Waals surface area contributed by atoms with Crippen molar-refractivity contribution in [2.24, 2.45) is 58.3 Å². The highest BCUT2D eigenvalue weighted by Crippen LogP contribution is 2.48. The number of amides is 13. The van der Waals surface area contributed by atoms with Crippen LogP contribution in [0, 0.1) is 29.6 Å². The van der Waals surface area contributed by atoms with E-state index in [2.05, 4.69) is 58.5 Å². The molecule has 5 aliphatic carbocycles. The number of carboxylic acids is 1. The average Bonchev–Trinajstić information content (AvgIpc) is 1.57. The first-order chi connectivity index (χ1) is 62.4. The Bertz CT molecular complexity index is 4600. The molecule has 7 aliphatic rings. The van der Waals surface area contributed by atoms with E-state index in [0.29, 0.717) is 90.0 Å². The molecule has 35 nitrogen and oxygen atoms in total. The van der Waals surface area contributed by atoms with Crippen LogP contribution in [0.15, 0.2) is 140 Å². The van der Waals surface area contributed by atoms with Gasteiger partial charge >= 0.3 is 5.97 Å². The van der Waals surface area contributed by atoms with Gasteiger partial charge in [-0.3, -0.25) is 62.3 Å². The number of hydrogen-bond acceptors (Lipinski definition) is 21. The molecule has 0 radical (unpaired) electrons. The summed E-state index contributed by atoms with van der Waals surface area (Å²) in [5, 5.41) is 51.6. The van der Waals surface area contributed by atoms with E-state index in [4.69, 9.17) is 33.4 Å². The van der Waals surface area contributed by atoms with Gasteiger partial charge in [0.1, 0.15) is 41.5 Å². The Morgan fingerprint density at radius 1 is 0.411 bits per heavy atom. The topological polar surface area (TPSA) is 558 Å². The van der Waals surface area contributed by atoms with Crippen molar-refractivity contribution in [2.45, 2.75) is 206 Å². The summed E-state index contributed by atoms with van der Waals surface area (Å²) in [6.07, 6.45) is 6.92.